The molecule has 0 saturated heterocycles. The van der Waals surface area contributed by atoms with E-state index in [0.29, 0.717) is 13.0 Å². The minimum absolute atomic E-state index is 0.00166. The maximum atomic E-state index is 12.7. The quantitative estimate of drug-likeness (QED) is 0.856. The number of benzene rings is 1. The fourth-order valence-electron chi connectivity index (χ4n) is 2.24. The summed E-state index contributed by atoms with van der Waals surface area (Å²) in [5.41, 5.74) is 2.09. The van der Waals surface area contributed by atoms with E-state index in [4.69, 9.17) is 0 Å². The largest absolute Gasteiger partial charge is 0.359 e. The normalized spacial score (nSPS) is 12.1. The van der Waals surface area contributed by atoms with Gasteiger partial charge in [0.05, 0.1) is 0 Å². The van der Waals surface area contributed by atoms with Crippen molar-refractivity contribution in [2.45, 2.75) is 19.4 Å². The van der Waals surface area contributed by atoms with Crippen LogP contribution in [0.25, 0.3) is 0 Å². The molecule has 0 aliphatic rings. The predicted octanol–water partition coefficient (Wildman–Crippen LogP) is 1.19. The number of carbonyl (C=O) groups excluding carboxylic acids is 2. The van der Waals surface area contributed by atoms with Crippen molar-refractivity contribution in [3.63, 3.8) is 0 Å². The van der Waals surface area contributed by atoms with Crippen LogP contribution in [0.3, 0.4) is 0 Å². The number of amides is 2. The Morgan fingerprint density at radius 3 is 2.33 bits per heavy atom. The summed E-state index contributed by atoms with van der Waals surface area (Å²) in [6.45, 7) is 2.42. The van der Waals surface area contributed by atoms with Crippen molar-refractivity contribution in [2.24, 2.45) is 0 Å². The molecule has 0 aliphatic heterocycles. The van der Waals surface area contributed by atoms with Crippen LogP contribution in [0.5, 0.6) is 0 Å². The van der Waals surface area contributed by atoms with Crippen LogP contribution < -0.4 is 5.32 Å². The van der Waals surface area contributed by atoms with Crippen LogP contribution in [-0.2, 0) is 9.59 Å². The summed E-state index contributed by atoms with van der Waals surface area (Å²) >= 11 is 0. The second kappa shape index (κ2) is 7.78. The van der Waals surface area contributed by atoms with E-state index in [1.807, 2.05) is 50.2 Å². The van der Waals surface area contributed by atoms with Gasteiger partial charge in [-0.25, -0.2) is 0 Å². The monoisotopic (exact) mass is 291 g/mol. The summed E-state index contributed by atoms with van der Waals surface area (Å²) < 4.78 is 0. The first-order valence-corrected chi connectivity index (χ1v) is 7.06. The summed E-state index contributed by atoms with van der Waals surface area (Å²) in [6, 6.07) is 7.55. The molecule has 21 heavy (non-hydrogen) atoms. The topological polar surface area (TPSA) is 52.7 Å². The number of nitrogens with one attached hydrogen (secondary N) is 1. The lowest BCUT2D eigenvalue weighted by Crippen LogP contribution is -2.40. The summed E-state index contributed by atoms with van der Waals surface area (Å²) in [5.74, 6) is -0.0647. The minimum Gasteiger partial charge on any atom is -0.359 e. The van der Waals surface area contributed by atoms with E-state index in [0.717, 1.165) is 11.1 Å². The number of aryl methyl sites for hydroxylation is 1. The molecule has 0 saturated carbocycles. The van der Waals surface area contributed by atoms with Gasteiger partial charge in [-0.15, -0.1) is 0 Å². The van der Waals surface area contributed by atoms with Crippen LogP contribution >= 0.6 is 0 Å². The molecule has 0 aromatic heterocycles. The van der Waals surface area contributed by atoms with Crippen molar-refractivity contribution in [3.05, 3.63) is 35.4 Å². The van der Waals surface area contributed by atoms with E-state index in [2.05, 4.69) is 5.32 Å². The fraction of sp³-hybridized carbons (Fsp3) is 0.500. The average Bonchev–Trinajstić information content (AvgIpc) is 2.46. The van der Waals surface area contributed by atoms with Crippen LogP contribution in [0, 0.1) is 6.92 Å². The van der Waals surface area contributed by atoms with Gasteiger partial charge in [-0.1, -0.05) is 24.3 Å². The fourth-order valence-corrected chi connectivity index (χ4v) is 2.24. The van der Waals surface area contributed by atoms with Gasteiger partial charge in [0.1, 0.15) is 6.04 Å². The first-order valence-electron chi connectivity index (χ1n) is 7.06. The lowest BCUT2D eigenvalue weighted by molar-refractivity contribution is -0.135. The summed E-state index contributed by atoms with van der Waals surface area (Å²) in [6.07, 6.45) is 0.312. The van der Waals surface area contributed by atoms with Gasteiger partial charge in [-0.05, 0) is 32.1 Å². The molecule has 2 amide bonds. The van der Waals surface area contributed by atoms with Crippen molar-refractivity contribution in [2.75, 3.05) is 34.7 Å². The standard InChI is InChI=1S/C16H25N3O2/c1-12-8-6-7-9-13(12)15(18(3)4)16(21)19(5)11-10-14(20)17-2/h6-9,15H,10-11H2,1-5H3,(H,17,20)/t15-/m1/s1. The van der Waals surface area contributed by atoms with Crippen molar-refractivity contribution >= 4 is 11.8 Å². The summed E-state index contributed by atoms with van der Waals surface area (Å²) in [4.78, 5) is 27.5. The molecular formula is C16H25N3O2. The molecule has 5 nitrogen and oxygen atoms in total. The van der Waals surface area contributed by atoms with Gasteiger partial charge in [0.15, 0.2) is 0 Å². The van der Waals surface area contributed by atoms with Gasteiger partial charge >= 0.3 is 0 Å². The van der Waals surface area contributed by atoms with Crippen LogP contribution in [0.15, 0.2) is 24.3 Å². The molecular weight excluding hydrogens is 266 g/mol. The number of rotatable bonds is 6. The number of likely N-dealkylation sites (N-methyl/N-ethyl adjacent to an activating group) is 2. The zero-order valence-electron chi connectivity index (χ0n) is 13.5. The van der Waals surface area contributed by atoms with Gasteiger partial charge < -0.3 is 10.2 Å². The smallest absolute Gasteiger partial charge is 0.244 e. The first kappa shape index (κ1) is 17.2. The molecule has 5 heteroatoms. The summed E-state index contributed by atoms with van der Waals surface area (Å²) in [7, 11) is 7.11. The second-order valence-corrected chi connectivity index (χ2v) is 5.41. The highest BCUT2D eigenvalue weighted by molar-refractivity contribution is 5.84. The number of carbonyl (C=O) groups is 2. The molecule has 1 atom stereocenters. The van der Waals surface area contributed by atoms with Crippen molar-refractivity contribution in [3.8, 4) is 0 Å². The van der Waals surface area contributed by atoms with Gasteiger partial charge in [-0.2, -0.15) is 0 Å². The third kappa shape index (κ3) is 4.56. The molecule has 0 fully saturated rings. The maximum absolute atomic E-state index is 12.7. The number of hydrogen-bond acceptors (Lipinski definition) is 3. The van der Waals surface area contributed by atoms with Gasteiger partial charge in [0.2, 0.25) is 11.8 Å². The lowest BCUT2D eigenvalue weighted by Gasteiger charge is -2.29. The molecule has 0 radical (unpaired) electrons. The predicted molar refractivity (Wildman–Crippen MR) is 83.9 cm³/mol. The zero-order valence-corrected chi connectivity index (χ0v) is 13.5. The molecule has 0 bridgehead atoms. The molecule has 1 aromatic carbocycles. The van der Waals surface area contributed by atoms with E-state index in [-0.39, 0.29) is 17.9 Å². The Morgan fingerprint density at radius 1 is 1.19 bits per heavy atom. The molecule has 0 aliphatic carbocycles. The SMILES string of the molecule is CNC(=O)CCN(C)C(=O)[C@@H](c1ccccc1C)N(C)C. The average molecular weight is 291 g/mol. The van der Waals surface area contributed by atoms with Crippen molar-refractivity contribution in [1.82, 2.24) is 15.1 Å². The van der Waals surface area contributed by atoms with Crippen LogP contribution in [0.2, 0.25) is 0 Å². The lowest BCUT2D eigenvalue weighted by atomic mass is 9.99. The number of nitrogens with zero attached hydrogens (tertiary/aromatic N) is 2. The minimum atomic E-state index is -0.333. The molecule has 1 aromatic rings. The van der Waals surface area contributed by atoms with E-state index in [9.17, 15) is 9.59 Å². The van der Waals surface area contributed by atoms with Crippen LogP contribution in [0.1, 0.15) is 23.6 Å². The van der Waals surface area contributed by atoms with Crippen LogP contribution in [-0.4, -0.2) is 56.3 Å². The second-order valence-electron chi connectivity index (χ2n) is 5.41. The highest BCUT2D eigenvalue weighted by Gasteiger charge is 2.27. The van der Waals surface area contributed by atoms with Gasteiger partial charge in [0, 0.05) is 27.1 Å². The first-order chi connectivity index (χ1) is 9.88. The third-order valence-electron chi connectivity index (χ3n) is 3.56. The Balaban J connectivity index is 2.88. The Bertz CT molecular complexity index is 500. The van der Waals surface area contributed by atoms with E-state index in [1.165, 1.54) is 0 Å². The van der Waals surface area contributed by atoms with Crippen molar-refractivity contribution in [1.29, 1.82) is 0 Å². The molecule has 0 heterocycles. The number of hydrogen-bond donors (Lipinski definition) is 1. The maximum Gasteiger partial charge on any atom is 0.244 e. The van der Waals surface area contributed by atoms with E-state index in [1.54, 1.807) is 19.0 Å². The Hall–Kier alpha value is -1.88. The Morgan fingerprint density at radius 2 is 1.81 bits per heavy atom. The molecule has 0 spiro atoms. The molecule has 1 N–H and O–H groups in total. The van der Waals surface area contributed by atoms with Gasteiger partial charge in [-0.3, -0.25) is 14.5 Å². The highest BCUT2D eigenvalue weighted by atomic mass is 16.2. The molecule has 1 rings (SSSR count). The summed E-state index contributed by atoms with van der Waals surface area (Å²) in [5, 5.41) is 2.56. The van der Waals surface area contributed by atoms with Crippen LogP contribution in [0.4, 0.5) is 0 Å². The van der Waals surface area contributed by atoms with E-state index < -0.39 is 0 Å². The highest BCUT2D eigenvalue weighted by Crippen LogP contribution is 2.23. The Kier molecular flexibility index (Phi) is 6.37. The van der Waals surface area contributed by atoms with E-state index >= 15 is 0 Å². The Labute approximate surface area is 126 Å². The van der Waals surface area contributed by atoms with Crippen molar-refractivity contribution < 1.29 is 9.59 Å². The zero-order chi connectivity index (χ0) is 16.0. The third-order valence-corrected chi connectivity index (χ3v) is 3.56. The molecule has 116 valence electrons. The molecule has 0 unspecified atom stereocenters. The van der Waals surface area contributed by atoms with Gasteiger partial charge in [0.25, 0.3) is 0 Å².